The molecule has 0 nitrogen and oxygen atoms in total. The topological polar surface area (TPSA) is 0 Å². The second-order valence-electron chi connectivity index (χ2n) is 5.55. The molecule has 0 amide bonds. The predicted molar refractivity (Wildman–Crippen MR) is 95.7 cm³/mol. The Balaban J connectivity index is 0.000000222. The average Bonchev–Trinajstić information content (AvgIpc) is 3.31. The van der Waals surface area contributed by atoms with Crippen LogP contribution in [0.4, 0.5) is 0 Å². The van der Waals surface area contributed by atoms with Crippen LogP contribution in [0.2, 0.25) is 0 Å². The monoisotopic (exact) mass is 477 g/mol. The number of hydrogen-bond donors (Lipinski definition) is 0. The molecule has 0 saturated carbocycles. The summed E-state index contributed by atoms with van der Waals surface area (Å²) < 4.78 is 6.90. The summed E-state index contributed by atoms with van der Waals surface area (Å²) in [6.45, 7) is 0. The van der Waals surface area contributed by atoms with Crippen molar-refractivity contribution in [1.82, 2.24) is 0 Å². The zero-order valence-corrected chi connectivity index (χ0v) is 18.9. The van der Waals surface area contributed by atoms with E-state index < -0.39 is 0 Å². The summed E-state index contributed by atoms with van der Waals surface area (Å²) in [4.78, 5) is 0. The van der Waals surface area contributed by atoms with Crippen LogP contribution in [0.25, 0.3) is 0 Å². The minimum absolute atomic E-state index is 0. The maximum atomic E-state index is 2.31. The van der Waals surface area contributed by atoms with Crippen LogP contribution in [0.5, 0.6) is 0 Å². The van der Waals surface area contributed by atoms with E-state index in [0.717, 1.165) is 0 Å². The maximum Gasteiger partial charge on any atom is -0.147 e. The summed E-state index contributed by atoms with van der Waals surface area (Å²) in [6.07, 6.45) is 32.0. The van der Waals surface area contributed by atoms with Crippen LogP contribution in [0.1, 0.15) is 27.1 Å². The molecule has 4 aliphatic carbocycles. The van der Waals surface area contributed by atoms with Gasteiger partial charge >= 0.3 is 158 Å². The van der Waals surface area contributed by atoms with Crippen LogP contribution in [-0.2, 0) is 46.5 Å². The van der Waals surface area contributed by atoms with Crippen LogP contribution in [-0.4, -0.2) is 0 Å². The molecule has 0 bridgehead atoms. The first-order valence-corrected chi connectivity index (χ1v) is 12.8. The molecule has 0 spiro atoms. The first-order valence-electron chi connectivity index (χ1n) is 7.87. The molecule has 4 aliphatic rings. The summed E-state index contributed by atoms with van der Waals surface area (Å²) in [6, 6.07) is 0. The fraction of sp³-hybridized carbons (Fsp3) is 0.200. The first-order chi connectivity index (χ1) is 10.9. The molecule has 0 unspecified atom stereocenters. The zero-order chi connectivity index (χ0) is 15.0. The molecule has 118 valence electrons. The van der Waals surface area contributed by atoms with Crippen LogP contribution in [0.15, 0.2) is 86.0 Å². The molecule has 0 fully saturated rings. The third kappa shape index (κ3) is 6.78. The summed E-state index contributed by atoms with van der Waals surface area (Å²) in [5.74, 6) is 0. The average molecular weight is 480 g/mol. The first kappa shape index (κ1) is 19.3. The number of allylic oxidation sites excluding steroid dienone is 16. The van der Waals surface area contributed by atoms with E-state index in [1.54, 1.807) is 13.1 Å². The largest absolute Gasteiger partial charge is 1.00 e. The zero-order valence-electron chi connectivity index (χ0n) is 14.2. The van der Waals surface area contributed by atoms with E-state index in [-0.39, 0.29) is 60.3 Å². The van der Waals surface area contributed by atoms with E-state index in [2.05, 4.69) is 72.9 Å². The van der Waals surface area contributed by atoms with Gasteiger partial charge in [0.15, 0.2) is 0 Å². The fourth-order valence-electron chi connectivity index (χ4n) is 2.57. The van der Waals surface area contributed by atoms with E-state index in [4.69, 9.17) is 0 Å². The van der Waals surface area contributed by atoms with Crippen molar-refractivity contribution < 1.29 is 47.9 Å². The molecule has 0 N–H and O–H groups in total. The van der Waals surface area contributed by atoms with Gasteiger partial charge in [-0.1, -0.05) is 0 Å². The van der Waals surface area contributed by atoms with E-state index in [1.165, 1.54) is 25.7 Å². The van der Waals surface area contributed by atoms with E-state index >= 15 is 0 Å². The number of halogens is 1. The van der Waals surface area contributed by atoms with Gasteiger partial charge in [0, 0.05) is 0 Å². The molecule has 0 aromatic heterocycles. The van der Waals surface area contributed by atoms with Crippen LogP contribution >= 0.6 is 12.4 Å². The van der Waals surface area contributed by atoms with E-state index in [1.807, 2.05) is 0 Å². The van der Waals surface area contributed by atoms with E-state index in [9.17, 15) is 0 Å². The van der Waals surface area contributed by atoms with E-state index in [0.29, 0.717) is 0 Å². The summed E-state index contributed by atoms with van der Waals surface area (Å²) in [5.41, 5.74) is 0. The van der Waals surface area contributed by atoms with Crippen molar-refractivity contribution in [1.29, 1.82) is 0 Å². The Morgan fingerprint density at radius 1 is 0.522 bits per heavy atom. The van der Waals surface area contributed by atoms with Gasteiger partial charge in [-0.15, -0.1) is 12.4 Å². The molecule has 0 aliphatic heterocycles. The van der Waals surface area contributed by atoms with Crippen molar-refractivity contribution in [3.63, 3.8) is 0 Å². The molecular weight excluding hydrogens is 458 g/mol. The molecular formula is C20H22ClZr2-. The number of rotatable bonds is 4. The molecule has 4 rings (SSSR count). The molecule has 0 radical (unpaired) electrons. The summed E-state index contributed by atoms with van der Waals surface area (Å²) in [7, 11) is 0. The minimum Gasteiger partial charge on any atom is -1.00 e. The molecule has 0 atom stereocenters. The Bertz CT molecular complexity index is 547. The van der Waals surface area contributed by atoms with Gasteiger partial charge in [-0.3, -0.25) is 0 Å². The van der Waals surface area contributed by atoms with Gasteiger partial charge in [-0.2, -0.15) is 0 Å². The standard InChI is InChI=1S/4C5H5.ClH.2Zr.H/c4*1-2-4-5-3-1;;;;/h4*1-3H,4H2;1H;;;/q;;;;;;;-1. The minimum atomic E-state index is -0.312. The second kappa shape index (κ2) is 10.8. The molecule has 0 heterocycles. The van der Waals surface area contributed by atoms with Crippen LogP contribution < -0.4 is 0 Å². The molecule has 0 aromatic carbocycles. The molecule has 0 aromatic rings. The third-order valence-electron chi connectivity index (χ3n) is 3.73. The SMILES string of the molecule is C1=CC[C]([Zr][C]2=CC=CC2)=C1.C1=CC[C]([Zr][C]2=CC=CC2)=C1.Cl.[H-]. The van der Waals surface area contributed by atoms with Gasteiger partial charge in [0.25, 0.3) is 0 Å². The second-order valence-corrected chi connectivity index (χ2v) is 13.1. The Morgan fingerprint density at radius 2 is 0.783 bits per heavy atom. The third-order valence-corrected chi connectivity index (χ3v) is 10.5. The van der Waals surface area contributed by atoms with Crippen molar-refractivity contribution >= 4 is 12.4 Å². The van der Waals surface area contributed by atoms with Crippen molar-refractivity contribution in [2.24, 2.45) is 0 Å². The predicted octanol–water partition coefficient (Wildman–Crippen LogP) is 6.05. The van der Waals surface area contributed by atoms with Crippen LogP contribution in [0.3, 0.4) is 0 Å². The Hall–Kier alpha value is -0.0238. The quantitative estimate of drug-likeness (QED) is 0.460. The number of hydrogen-bond acceptors (Lipinski definition) is 0. The maximum absolute atomic E-state index is 2.31. The Labute approximate surface area is 170 Å². The van der Waals surface area contributed by atoms with Gasteiger partial charge in [0.05, 0.1) is 0 Å². The van der Waals surface area contributed by atoms with Crippen molar-refractivity contribution in [3.8, 4) is 0 Å². The molecule has 23 heavy (non-hydrogen) atoms. The Kier molecular flexibility index (Phi) is 9.03. The van der Waals surface area contributed by atoms with Crippen molar-refractivity contribution in [2.45, 2.75) is 25.7 Å². The molecule has 0 saturated heterocycles. The van der Waals surface area contributed by atoms with Gasteiger partial charge in [-0.05, 0) is 0 Å². The van der Waals surface area contributed by atoms with Crippen LogP contribution in [0, 0.1) is 0 Å². The van der Waals surface area contributed by atoms with Gasteiger partial charge in [0.1, 0.15) is 0 Å². The normalized spacial score (nSPS) is 19.5. The summed E-state index contributed by atoms with van der Waals surface area (Å²) >= 11 is -0.623. The summed E-state index contributed by atoms with van der Waals surface area (Å²) in [5, 5.41) is 0. The van der Waals surface area contributed by atoms with Crippen molar-refractivity contribution in [2.75, 3.05) is 0 Å². The fourth-order valence-corrected chi connectivity index (χ4v) is 8.53. The smallest absolute Gasteiger partial charge is 0.147 e. The van der Waals surface area contributed by atoms with Crippen molar-refractivity contribution in [3.05, 3.63) is 86.0 Å². The van der Waals surface area contributed by atoms with Gasteiger partial charge < -0.3 is 1.43 Å². The van der Waals surface area contributed by atoms with Gasteiger partial charge in [-0.25, -0.2) is 0 Å². The Morgan fingerprint density at radius 3 is 0.957 bits per heavy atom. The van der Waals surface area contributed by atoms with Gasteiger partial charge in [0.2, 0.25) is 0 Å². The molecule has 3 heteroatoms.